The second-order valence-corrected chi connectivity index (χ2v) is 28.0. The molecule has 2 fully saturated rings. The van der Waals surface area contributed by atoms with Crippen LogP contribution in [0.3, 0.4) is 0 Å². The van der Waals surface area contributed by atoms with Gasteiger partial charge in [0.25, 0.3) is 0 Å². The number of nitrogens with zero attached hydrogens (tertiary/aromatic N) is 4. The standard InChI is InChI=1S/C73H115N9O14/c1-17-47(8)67(80(13)71(91)56(44(2)3)41-60(85)66(46(6)7)79(11)12)61(94-14)42-64(88)82-35-22-26-57(82)68(95-15)49(10)58(83)40-54(38-50-23-19-18-20-24-50)69(89)76-43-51-27-29-55(30-28-51)77-70(90)52(25-21-34-75-73(74)93)39-59(84)65(45(4)5)78-62(86)31-32-63(87)81-36-33-53(37-48(81)9)72(92)96-16/h18-20,23-24,27-30,44-49,52-54,56-57,61,65-68H,17,21-22,25-26,31-43H2,1-16H3,(H,76,89)(H,77,90)(H,78,86)(H3,74,75,93)/t47-,48-,49-,52+,53-,54+,56-,57-,61+,65-,66-,67-,68+/m0/s1. The molecule has 0 spiro atoms. The molecule has 0 unspecified atom stereocenters. The second kappa shape index (κ2) is 39.9. The smallest absolute Gasteiger partial charge is 0.312 e. The Morgan fingerprint density at radius 3 is 1.90 bits per heavy atom. The van der Waals surface area contributed by atoms with Crippen molar-refractivity contribution in [1.82, 2.24) is 35.6 Å². The minimum atomic E-state index is -0.961. The molecule has 0 aliphatic carbocycles. The Bertz CT molecular complexity index is 2880. The number of nitrogens with two attached hydrogens (primary N) is 1. The molecule has 4 rings (SSSR count). The van der Waals surface area contributed by atoms with E-state index in [1.54, 1.807) is 73.9 Å². The highest BCUT2D eigenvalue weighted by atomic mass is 16.5. The summed E-state index contributed by atoms with van der Waals surface area (Å²) in [6, 6.07) is 13.1. The molecule has 2 aliphatic rings. The number of Topliss-reactive ketones (excluding diaryl/α,β-unsaturated/α-hetero) is 3. The minimum absolute atomic E-state index is 0.0121. The van der Waals surface area contributed by atoms with E-state index in [1.807, 2.05) is 97.8 Å². The van der Waals surface area contributed by atoms with Gasteiger partial charge < -0.3 is 55.9 Å². The molecule has 2 aromatic carbocycles. The first kappa shape index (κ1) is 81.3. The quantitative estimate of drug-likeness (QED) is 0.0318. The lowest BCUT2D eigenvalue weighted by atomic mass is 9.83. The molecule has 23 nitrogen and oxygen atoms in total. The van der Waals surface area contributed by atoms with Gasteiger partial charge >= 0.3 is 12.0 Å². The molecule has 0 aromatic heterocycles. The van der Waals surface area contributed by atoms with Crippen LogP contribution in [0.4, 0.5) is 10.5 Å². The van der Waals surface area contributed by atoms with E-state index in [0.717, 1.165) is 5.56 Å². The lowest BCUT2D eigenvalue weighted by molar-refractivity contribution is -0.150. The SMILES string of the molecule is CC[C@H](C)[C@@H]([C@@H](CC(=O)N1CCC[C@H]1[C@H](OC)[C@@H](C)C(=O)C[C@@H](Cc1ccccc1)C(=O)NCc1ccc(NC(=O)[C@H](CCCNC(N)=O)CC(=O)[C@@H](NC(=O)CCC(=O)N2CC[C@H](C(=O)OC)C[C@@H]2C)C(C)C)cc1)OC)N(C)C(=O)[C@@H](CC(=O)[C@H](C(C)C)N(C)C)C(C)C. The van der Waals surface area contributed by atoms with Gasteiger partial charge in [-0.1, -0.05) is 111 Å². The summed E-state index contributed by atoms with van der Waals surface area (Å²) in [5.74, 6) is -6.51. The van der Waals surface area contributed by atoms with Gasteiger partial charge in [0.2, 0.25) is 35.4 Å². The van der Waals surface area contributed by atoms with Crippen LogP contribution in [0.15, 0.2) is 54.6 Å². The molecule has 0 radical (unpaired) electrons. The van der Waals surface area contributed by atoms with Crippen molar-refractivity contribution in [3.8, 4) is 0 Å². The molecule has 2 aromatic rings. The number of methoxy groups -OCH3 is 3. The van der Waals surface area contributed by atoms with Gasteiger partial charge in [-0.3, -0.25) is 52.8 Å². The number of anilines is 1. The summed E-state index contributed by atoms with van der Waals surface area (Å²) in [5.41, 5.74) is 7.26. The summed E-state index contributed by atoms with van der Waals surface area (Å²) in [7, 11) is 9.93. The molecule has 536 valence electrons. The Labute approximate surface area is 570 Å². The number of likely N-dealkylation sites (tertiary alicyclic amines) is 2. The first-order chi connectivity index (χ1) is 45.4. The van der Waals surface area contributed by atoms with Crippen molar-refractivity contribution in [2.24, 2.45) is 59.0 Å². The topological polar surface area (TPSA) is 303 Å². The van der Waals surface area contributed by atoms with Crippen LogP contribution in [-0.2, 0) is 75.1 Å². The van der Waals surface area contributed by atoms with E-state index in [0.29, 0.717) is 62.9 Å². The largest absolute Gasteiger partial charge is 0.469 e. The van der Waals surface area contributed by atoms with E-state index in [4.69, 9.17) is 19.9 Å². The van der Waals surface area contributed by atoms with Crippen LogP contribution in [0.2, 0.25) is 0 Å². The summed E-state index contributed by atoms with van der Waals surface area (Å²) in [6.07, 6.45) is 1.74. The second-order valence-electron chi connectivity index (χ2n) is 28.0. The Balaban J connectivity index is 1.43. The van der Waals surface area contributed by atoms with Crippen molar-refractivity contribution in [2.45, 2.75) is 208 Å². The number of primary amides is 1. The van der Waals surface area contributed by atoms with Gasteiger partial charge in [0, 0.05) is 115 Å². The third-order valence-corrected chi connectivity index (χ3v) is 19.7. The maximum atomic E-state index is 14.7. The molecule has 2 saturated heterocycles. The van der Waals surface area contributed by atoms with Crippen molar-refractivity contribution < 1.29 is 67.0 Å². The first-order valence-corrected chi connectivity index (χ1v) is 34.7. The van der Waals surface area contributed by atoms with Gasteiger partial charge in [0.1, 0.15) is 5.78 Å². The molecule has 0 saturated carbocycles. The normalized spacial score (nSPS) is 18.9. The summed E-state index contributed by atoms with van der Waals surface area (Å²) in [6.45, 7) is 20.2. The highest BCUT2D eigenvalue weighted by Crippen LogP contribution is 2.33. The maximum absolute atomic E-state index is 14.7. The minimum Gasteiger partial charge on any atom is -0.469 e. The summed E-state index contributed by atoms with van der Waals surface area (Å²) < 4.78 is 17.2. The van der Waals surface area contributed by atoms with Gasteiger partial charge in [-0.2, -0.15) is 0 Å². The number of ketones is 3. The zero-order chi connectivity index (χ0) is 71.7. The summed E-state index contributed by atoms with van der Waals surface area (Å²) in [5, 5.41) is 11.2. The van der Waals surface area contributed by atoms with E-state index in [9.17, 15) is 52.7 Å². The number of benzene rings is 2. The molecular formula is C73H115N9O14. The fraction of sp³-hybridized carbons (Fsp3) is 0.685. The van der Waals surface area contributed by atoms with Crippen molar-refractivity contribution in [2.75, 3.05) is 67.4 Å². The van der Waals surface area contributed by atoms with Gasteiger partial charge in [-0.05, 0) is 113 Å². The van der Waals surface area contributed by atoms with Crippen LogP contribution in [0.25, 0.3) is 0 Å². The predicted molar refractivity (Wildman–Crippen MR) is 368 cm³/mol. The molecule has 23 heteroatoms. The number of hydrogen-bond donors (Lipinski definition) is 5. The fourth-order valence-electron chi connectivity index (χ4n) is 14.1. The number of urea groups is 1. The third-order valence-electron chi connectivity index (χ3n) is 19.7. The van der Waals surface area contributed by atoms with Crippen LogP contribution >= 0.6 is 0 Å². The Morgan fingerprint density at radius 1 is 0.677 bits per heavy atom. The van der Waals surface area contributed by atoms with E-state index in [-0.39, 0.29) is 153 Å². The van der Waals surface area contributed by atoms with Gasteiger partial charge in [0.05, 0.1) is 55.8 Å². The number of carbonyl (C=O) groups excluding carboxylic acids is 11. The molecular weight excluding hydrogens is 1230 g/mol. The molecule has 2 aliphatic heterocycles. The number of piperidine rings is 1. The first-order valence-electron chi connectivity index (χ1n) is 34.7. The number of ether oxygens (including phenoxy) is 3. The van der Waals surface area contributed by atoms with Crippen molar-refractivity contribution in [3.63, 3.8) is 0 Å². The van der Waals surface area contributed by atoms with Gasteiger partial charge in [-0.25, -0.2) is 4.79 Å². The summed E-state index contributed by atoms with van der Waals surface area (Å²) in [4.78, 5) is 157. The summed E-state index contributed by atoms with van der Waals surface area (Å²) >= 11 is 0. The Morgan fingerprint density at radius 2 is 1.33 bits per heavy atom. The molecule has 13 atom stereocenters. The average Bonchev–Trinajstić information content (AvgIpc) is 1.53. The number of hydrogen-bond acceptors (Lipinski definition) is 15. The molecule has 8 amide bonds. The molecule has 2 heterocycles. The monoisotopic (exact) mass is 1340 g/mol. The maximum Gasteiger partial charge on any atom is 0.312 e. The van der Waals surface area contributed by atoms with Gasteiger partial charge in [-0.15, -0.1) is 0 Å². The van der Waals surface area contributed by atoms with E-state index >= 15 is 0 Å². The van der Waals surface area contributed by atoms with Gasteiger partial charge in [0.15, 0.2) is 11.6 Å². The van der Waals surface area contributed by atoms with E-state index in [2.05, 4.69) is 21.3 Å². The Hall–Kier alpha value is -7.11. The number of esters is 1. The van der Waals surface area contributed by atoms with Crippen molar-refractivity contribution in [3.05, 3.63) is 65.7 Å². The highest BCUT2D eigenvalue weighted by molar-refractivity contribution is 5.98. The molecule has 6 N–H and O–H groups in total. The van der Waals surface area contributed by atoms with Crippen molar-refractivity contribution >= 4 is 70.5 Å². The van der Waals surface area contributed by atoms with Crippen LogP contribution in [0.5, 0.6) is 0 Å². The predicted octanol–water partition coefficient (Wildman–Crippen LogP) is 7.54. The Kier molecular flexibility index (Phi) is 33.8. The van der Waals surface area contributed by atoms with Crippen LogP contribution in [0, 0.1) is 53.3 Å². The molecule has 0 bridgehead atoms. The lowest BCUT2D eigenvalue weighted by Crippen LogP contribution is -2.54. The number of carbonyl (C=O) groups is 11. The molecule has 96 heavy (non-hydrogen) atoms. The fourth-order valence-corrected chi connectivity index (χ4v) is 14.1. The van der Waals surface area contributed by atoms with Crippen LogP contribution in [-0.4, -0.2) is 189 Å². The van der Waals surface area contributed by atoms with E-state index in [1.165, 1.54) is 14.2 Å². The van der Waals surface area contributed by atoms with Crippen LogP contribution in [0.1, 0.15) is 164 Å². The third kappa shape index (κ3) is 24.2. The average molecular weight is 1340 g/mol. The van der Waals surface area contributed by atoms with Crippen molar-refractivity contribution in [1.29, 1.82) is 0 Å². The highest BCUT2D eigenvalue weighted by Gasteiger charge is 2.44. The van der Waals surface area contributed by atoms with E-state index < -0.39 is 71.9 Å². The zero-order valence-electron chi connectivity index (χ0n) is 60.2. The van der Waals surface area contributed by atoms with Crippen LogP contribution < -0.4 is 27.0 Å². The zero-order valence-corrected chi connectivity index (χ0v) is 60.2. The lowest BCUT2D eigenvalue weighted by Gasteiger charge is -2.41. The number of rotatable bonds is 40. The number of amides is 8. The number of nitrogens with one attached hydrogen (secondary N) is 4. The number of likely N-dealkylation sites (N-methyl/N-ethyl adjacent to an activating group) is 2.